The minimum Gasteiger partial charge on any atom is -0.481 e. The summed E-state index contributed by atoms with van der Waals surface area (Å²) in [6.07, 6.45) is 84.3. The van der Waals surface area contributed by atoms with Crippen molar-refractivity contribution in [3.63, 3.8) is 0 Å². The van der Waals surface area contributed by atoms with E-state index < -0.39 is 17.9 Å². The molecule has 0 saturated carbocycles. The molecule has 6 heteroatoms. The molecule has 0 saturated heterocycles. The predicted octanol–water partition coefficient (Wildman–Crippen LogP) is 18.2. The van der Waals surface area contributed by atoms with Gasteiger partial charge >= 0.3 is 17.9 Å². The van der Waals surface area contributed by atoms with Crippen LogP contribution in [0.2, 0.25) is 0 Å². The van der Waals surface area contributed by atoms with E-state index >= 15 is 0 Å². The predicted molar refractivity (Wildman–Crippen MR) is 288 cm³/mol. The Morgan fingerprint density at radius 1 is 0.242 bits per heavy atom. The van der Waals surface area contributed by atoms with Gasteiger partial charge in [0.15, 0.2) is 0 Å². The Morgan fingerprint density at radius 2 is 0.455 bits per heavy atom. The monoisotopic (exact) mass is 909 g/mol. The molecule has 0 amide bonds. The van der Waals surface area contributed by atoms with E-state index in [1.165, 1.54) is 12.8 Å². The van der Waals surface area contributed by atoms with Crippen LogP contribution in [0.1, 0.15) is 188 Å². The number of hydrogen-bond acceptors (Lipinski definition) is 3. The Kier molecular flexibility index (Phi) is 61.0. The first-order chi connectivity index (χ1) is 32.3. The van der Waals surface area contributed by atoms with Crippen LogP contribution in [0.25, 0.3) is 0 Å². The number of unbranched alkanes of at least 4 members (excludes halogenated alkanes) is 6. The van der Waals surface area contributed by atoms with E-state index in [-0.39, 0.29) is 12.8 Å². The molecule has 0 aromatic carbocycles. The molecule has 368 valence electrons. The highest BCUT2D eigenvalue weighted by Crippen LogP contribution is 2.08. The van der Waals surface area contributed by atoms with Crippen LogP contribution in [0.5, 0.6) is 0 Å². The Labute approximate surface area is 403 Å². The lowest BCUT2D eigenvalue weighted by Crippen LogP contribution is -1.93. The van der Waals surface area contributed by atoms with E-state index in [1.807, 2.05) is 12.2 Å². The van der Waals surface area contributed by atoms with Gasteiger partial charge < -0.3 is 15.3 Å². The summed E-state index contributed by atoms with van der Waals surface area (Å²) in [5, 5.41) is 25.5. The van der Waals surface area contributed by atoms with Gasteiger partial charge in [-0.25, -0.2) is 0 Å². The Hall–Kier alpha value is -5.23. The molecule has 0 aromatic heterocycles. The molecule has 66 heavy (non-hydrogen) atoms. The summed E-state index contributed by atoms with van der Waals surface area (Å²) >= 11 is 0. The lowest BCUT2D eigenvalue weighted by Gasteiger charge is -1.98. The maximum absolute atomic E-state index is 10.3. The van der Waals surface area contributed by atoms with Gasteiger partial charge in [0.1, 0.15) is 0 Å². The molecule has 0 unspecified atom stereocenters. The van der Waals surface area contributed by atoms with E-state index in [2.05, 4.69) is 179 Å². The van der Waals surface area contributed by atoms with E-state index in [1.54, 1.807) is 0 Å². The highest BCUT2D eigenvalue weighted by Gasteiger charge is 1.96. The van der Waals surface area contributed by atoms with E-state index in [0.29, 0.717) is 12.8 Å². The zero-order valence-corrected chi connectivity index (χ0v) is 41.6. The van der Waals surface area contributed by atoms with Gasteiger partial charge in [0, 0.05) is 19.3 Å². The SMILES string of the molecule is CC/C=C\C/C=C\C/C=C\C/C=C\C/C=C\C/C=C\CCC(=O)O.CC/C=C\C/C=C\C/C=C\C/C=C\C/C=C\CCCC(=O)O.CC/C=C\C/C=C\C/C=C\CCCCCCCC(=O)O. The van der Waals surface area contributed by atoms with Crippen LogP contribution in [0, 0.1) is 0 Å². The molecule has 6 nitrogen and oxygen atoms in total. The fraction of sp³-hybridized carbons (Fsp3) is 0.483. The van der Waals surface area contributed by atoms with Crippen molar-refractivity contribution in [1.29, 1.82) is 0 Å². The van der Waals surface area contributed by atoms with Gasteiger partial charge in [-0.3, -0.25) is 14.4 Å². The van der Waals surface area contributed by atoms with Crippen molar-refractivity contribution in [3.05, 3.63) is 170 Å². The van der Waals surface area contributed by atoms with Crippen molar-refractivity contribution in [2.24, 2.45) is 0 Å². The molecule has 0 aliphatic carbocycles. The average Bonchev–Trinajstić information content (AvgIpc) is 3.29. The number of carboxylic acid groups (broad SMARTS) is 3. The van der Waals surface area contributed by atoms with E-state index in [4.69, 9.17) is 15.3 Å². The van der Waals surface area contributed by atoms with Crippen molar-refractivity contribution >= 4 is 17.9 Å². The molecule has 0 aliphatic heterocycles. The first kappa shape index (κ1) is 65.1. The lowest BCUT2D eigenvalue weighted by atomic mass is 10.1. The summed E-state index contributed by atoms with van der Waals surface area (Å²) < 4.78 is 0. The number of aliphatic carboxylic acids is 3. The second kappa shape index (κ2) is 61.9. The topological polar surface area (TPSA) is 112 Å². The molecule has 0 radical (unpaired) electrons. The van der Waals surface area contributed by atoms with Crippen LogP contribution in [-0.4, -0.2) is 33.2 Å². The third-order valence-corrected chi connectivity index (χ3v) is 9.08. The van der Waals surface area contributed by atoms with Gasteiger partial charge in [-0.15, -0.1) is 0 Å². The molecular weight excluding hydrogens is 817 g/mol. The fourth-order valence-electron chi connectivity index (χ4n) is 5.48. The average molecular weight is 909 g/mol. The van der Waals surface area contributed by atoms with Gasteiger partial charge in [0.05, 0.1) is 0 Å². The molecular formula is C60H92O6. The highest BCUT2D eigenvalue weighted by atomic mass is 16.4. The minimum absolute atomic E-state index is 0.210. The van der Waals surface area contributed by atoms with Crippen molar-refractivity contribution in [2.75, 3.05) is 0 Å². The van der Waals surface area contributed by atoms with Crippen molar-refractivity contribution < 1.29 is 29.7 Å². The summed E-state index contributed by atoms with van der Waals surface area (Å²) in [5.41, 5.74) is 0. The van der Waals surface area contributed by atoms with Gasteiger partial charge in [-0.2, -0.15) is 0 Å². The number of hydrogen-bond donors (Lipinski definition) is 3. The van der Waals surface area contributed by atoms with Crippen LogP contribution >= 0.6 is 0 Å². The second-order valence-corrected chi connectivity index (χ2v) is 15.3. The zero-order chi connectivity index (χ0) is 48.9. The first-order valence-electron chi connectivity index (χ1n) is 25.1. The second-order valence-electron chi connectivity index (χ2n) is 15.3. The molecule has 0 aromatic rings. The largest absolute Gasteiger partial charge is 0.481 e. The molecule has 0 spiro atoms. The van der Waals surface area contributed by atoms with Crippen LogP contribution in [0.4, 0.5) is 0 Å². The van der Waals surface area contributed by atoms with Crippen LogP contribution in [0.3, 0.4) is 0 Å². The third kappa shape index (κ3) is 73.2. The quantitative estimate of drug-likeness (QED) is 0.0417. The molecule has 0 heterocycles. The highest BCUT2D eigenvalue weighted by molar-refractivity contribution is 5.67. The smallest absolute Gasteiger partial charge is 0.303 e. The van der Waals surface area contributed by atoms with Gasteiger partial charge in [0.25, 0.3) is 0 Å². The summed E-state index contributed by atoms with van der Waals surface area (Å²) in [7, 11) is 0. The van der Waals surface area contributed by atoms with E-state index in [0.717, 1.165) is 128 Å². The van der Waals surface area contributed by atoms with Gasteiger partial charge in [-0.05, 0) is 128 Å². The minimum atomic E-state index is -0.741. The first-order valence-corrected chi connectivity index (χ1v) is 25.1. The van der Waals surface area contributed by atoms with Crippen molar-refractivity contribution in [1.82, 2.24) is 0 Å². The lowest BCUT2D eigenvalue weighted by molar-refractivity contribution is -0.138. The van der Waals surface area contributed by atoms with E-state index in [9.17, 15) is 14.4 Å². The molecule has 0 fully saturated rings. The summed E-state index contributed by atoms with van der Waals surface area (Å²) in [5.74, 6) is -2.13. The van der Waals surface area contributed by atoms with Gasteiger partial charge in [0.2, 0.25) is 0 Å². The maximum atomic E-state index is 10.3. The number of allylic oxidation sites excluding steroid dienone is 28. The number of rotatable bonds is 40. The number of carbonyl (C=O) groups is 3. The van der Waals surface area contributed by atoms with Crippen molar-refractivity contribution in [3.8, 4) is 0 Å². The third-order valence-electron chi connectivity index (χ3n) is 9.08. The Morgan fingerprint density at radius 3 is 0.742 bits per heavy atom. The van der Waals surface area contributed by atoms with Crippen molar-refractivity contribution in [2.45, 2.75) is 188 Å². The van der Waals surface area contributed by atoms with Crippen LogP contribution in [0.15, 0.2) is 170 Å². The standard InChI is InChI=1S/C22H32O2.C20H30O2.C18H30O2/c1-2-3-4-5-6-7-8-9-10-11-12-13-14-15-16-17-18-19-20-21-22(23)24;1-2-3-4-5-6-7-8-9-10-11-12-13-14-15-16-17-18-19-20(21)22;1-2-3-4-5-6-7-8-9-10-11-12-13-14-15-16-17-18(19)20/h3-4,6-7,9-10,12-13,15-16,18-19H,2,5,8,11,14,17,20-21H2,1H3,(H,23,24);3-4,6-7,9-10,12-13,15-16H,2,5,8,11,14,17-19H2,1H3,(H,21,22);3-4,6-7,9-10H,2,5,8,11-17H2,1H3,(H,19,20)/b4-3-,7-6-,10-9-,13-12-,16-15-,19-18-;4-3-,7-6-,10-9-,13-12-,16-15-;4-3-,7-6-,10-9-. The molecule has 3 N–H and O–H groups in total. The van der Waals surface area contributed by atoms with Gasteiger partial charge in [-0.1, -0.05) is 210 Å². The molecule has 0 rings (SSSR count). The number of carboxylic acids is 3. The molecule has 0 bridgehead atoms. The molecule has 0 aliphatic rings. The normalized spacial score (nSPS) is 12.7. The summed E-state index contributed by atoms with van der Waals surface area (Å²) in [6.45, 7) is 6.44. The Bertz CT molecular complexity index is 1520. The fourth-order valence-corrected chi connectivity index (χ4v) is 5.48. The summed E-state index contributed by atoms with van der Waals surface area (Å²) in [4.78, 5) is 30.9. The Balaban J connectivity index is -0.000000906. The zero-order valence-electron chi connectivity index (χ0n) is 41.6. The van der Waals surface area contributed by atoms with Crippen LogP contribution < -0.4 is 0 Å². The summed E-state index contributed by atoms with van der Waals surface area (Å²) in [6, 6.07) is 0. The van der Waals surface area contributed by atoms with Crippen LogP contribution in [-0.2, 0) is 14.4 Å². The molecule has 0 atom stereocenters. The maximum Gasteiger partial charge on any atom is 0.303 e.